The Balaban J connectivity index is 1.58. The Kier molecular flexibility index (Phi) is 5.93. The Bertz CT molecular complexity index is 482. The summed E-state index contributed by atoms with van der Waals surface area (Å²) in [6.07, 6.45) is 3.60. The number of nitrogens with one attached hydrogen (secondary N) is 1. The zero-order chi connectivity index (χ0) is 13.3. The van der Waals surface area contributed by atoms with Crippen molar-refractivity contribution in [3.63, 3.8) is 0 Å². The van der Waals surface area contributed by atoms with Gasteiger partial charge in [0.2, 0.25) is 0 Å². The molecule has 0 aromatic heterocycles. The maximum Gasteiger partial charge on any atom is 0.0409 e. The smallest absolute Gasteiger partial charge is 0.0409 e. The topological polar surface area (TPSA) is 12.0 Å². The first kappa shape index (κ1) is 14.1. The van der Waals surface area contributed by atoms with E-state index in [4.69, 9.17) is 11.6 Å². The van der Waals surface area contributed by atoms with Gasteiger partial charge < -0.3 is 5.32 Å². The maximum absolute atomic E-state index is 5.95. The third-order valence-corrected chi connectivity index (χ3v) is 3.37. The molecule has 0 radical (unpaired) electrons. The summed E-state index contributed by atoms with van der Waals surface area (Å²) in [6.45, 7) is 1.95. The summed E-state index contributed by atoms with van der Waals surface area (Å²) < 4.78 is 0. The van der Waals surface area contributed by atoms with Gasteiger partial charge in [0, 0.05) is 11.6 Å². The first-order chi connectivity index (χ1) is 9.34. The van der Waals surface area contributed by atoms with Crippen molar-refractivity contribution in [1.29, 1.82) is 0 Å². The fourth-order valence-electron chi connectivity index (χ4n) is 2.10. The van der Waals surface area contributed by atoms with Crippen LogP contribution in [0.2, 0.25) is 5.02 Å². The monoisotopic (exact) mass is 273 g/mol. The highest BCUT2D eigenvalue weighted by atomic mass is 35.5. The van der Waals surface area contributed by atoms with Gasteiger partial charge in [-0.15, -0.1) is 0 Å². The van der Waals surface area contributed by atoms with E-state index in [1.54, 1.807) is 0 Å². The highest BCUT2D eigenvalue weighted by molar-refractivity contribution is 6.30. The minimum atomic E-state index is 0.809. The Morgan fingerprint density at radius 2 is 1.63 bits per heavy atom. The second-order valence-corrected chi connectivity index (χ2v) is 5.19. The Morgan fingerprint density at radius 3 is 2.42 bits per heavy atom. The lowest BCUT2D eigenvalue weighted by atomic mass is 10.1. The summed E-state index contributed by atoms with van der Waals surface area (Å²) in [4.78, 5) is 0. The molecule has 19 heavy (non-hydrogen) atoms. The molecule has 2 aromatic rings. The van der Waals surface area contributed by atoms with E-state index in [1.165, 1.54) is 30.4 Å². The van der Waals surface area contributed by atoms with Crippen LogP contribution in [0.25, 0.3) is 0 Å². The minimum absolute atomic E-state index is 0.809. The summed E-state index contributed by atoms with van der Waals surface area (Å²) in [7, 11) is 0. The largest absolute Gasteiger partial charge is 0.313 e. The van der Waals surface area contributed by atoms with Crippen LogP contribution in [0.15, 0.2) is 54.6 Å². The van der Waals surface area contributed by atoms with Gasteiger partial charge >= 0.3 is 0 Å². The van der Waals surface area contributed by atoms with Crippen molar-refractivity contribution in [2.75, 3.05) is 6.54 Å². The molecule has 0 amide bonds. The average molecular weight is 274 g/mol. The van der Waals surface area contributed by atoms with Gasteiger partial charge in [-0.25, -0.2) is 0 Å². The standard InChI is InChI=1S/C17H20ClN/c18-17-11-6-10-16(13-17)14-19-12-5-4-9-15-7-2-1-3-8-15/h1-3,6-8,10-11,13,19H,4-5,9,12,14H2. The van der Waals surface area contributed by atoms with E-state index in [9.17, 15) is 0 Å². The van der Waals surface area contributed by atoms with Crippen LogP contribution in [-0.4, -0.2) is 6.54 Å². The molecule has 0 unspecified atom stereocenters. The summed E-state index contributed by atoms with van der Waals surface area (Å²) in [6, 6.07) is 18.7. The molecule has 0 spiro atoms. The highest BCUT2D eigenvalue weighted by Crippen LogP contribution is 2.10. The molecule has 2 aromatic carbocycles. The molecule has 2 rings (SSSR count). The summed E-state index contributed by atoms with van der Waals surface area (Å²) in [5, 5.41) is 4.27. The highest BCUT2D eigenvalue weighted by Gasteiger charge is 1.95. The predicted molar refractivity (Wildman–Crippen MR) is 82.5 cm³/mol. The van der Waals surface area contributed by atoms with E-state index in [0.717, 1.165) is 18.1 Å². The van der Waals surface area contributed by atoms with Crippen LogP contribution in [0.3, 0.4) is 0 Å². The van der Waals surface area contributed by atoms with E-state index in [2.05, 4.69) is 41.7 Å². The van der Waals surface area contributed by atoms with E-state index in [0.29, 0.717) is 0 Å². The van der Waals surface area contributed by atoms with Crippen molar-refractivity contribution in [1.82, 2.24) is 5.32 Å². The molecule has 100 valence electrons. The fraction of sp³-hybridized carbons (Fsp3) is 0.294. The molecule has 1 N–H and O–H groups in total. The van der Waals surface area contributed by atoms with E-state index in [1.807, 2.05) is 18.2 Å². The van der Waals surface area contributed by atoms with E-state index >= 15 is 0 Å². The van der Waals surface area contributed by atoms with Gasteiger partial charge in [0.25, 0.3) is 0 Å². The molecule has 0 saturated heterocycles. The Hall–Kier alpha value is -1.31. The first-order valence-electron chi connectivity index (χ1n) is 6.84. The molecule has 0 saturated carbocycles. The van der Waals surface area contributed by atoms with Gasteiger partial charge in [-0.3, -0.25) is 0 Å². The molecular weight excluding hydrogens is 254 g/mol. The van der Waals surface area contributed by atoms with Crippen LogP contribution in [0, 0.1) is 0 Å². The second-order valence-electron chi connectivity index (χ2n) is 4.75. The van der Waals surface area contributed by atoms with Crippen LogP contribution in [0.1, 0.15) is 24.0 Å². The second kappa shape index (κ2) is 7.98. The van der Waals surface area contributed by atoms with Gasteiger partial charge in [-0.1, -0.05) is 54.1 Å². The number of unbranched alkanes of at least 4 members (excludes halogenated alkanes) is 1. The maximum atomic E-state index is 5.95. The molecule has 0 fully saturated rings. The fourth-order valence-corrected chi connectivity index (χ4v) is 2.32. The molecule has 0 aliphatic carbocycles. The number of aryl methyl sites for hydroxylation is 1. The summed E-state index contributed by atoms with van der Waals surface area (Å²) in [5.74, 6) is 0. The number of hydrogen-bond donors (Lipinski definition) is 1. The van der Waals surface area contributed by atoms with Gasteiger partial charge in [-0.05, 0) is 49.1 Å². The van der Waals surface area contributed by atoms with Crippen molar-refractivity contribution < 1.29 is 0 Å². The Labute approximate surface area is 120 Å². The molecular formula is C17H20ClN. The predicted octanol–water partition coefficient (Wildman–Crippen LogP) is 4.45. The van der Waals surface area contributed by atoms with Crippen LogP contribution in [-0.2, 0) is 13.0 Å². The molecule has 1 nitrogen and oxygen atoms in total. The molecule has 0 bridgehead atoms. The van der Waals surface area contributed by atoms with Gasteiger partial charge in [0.05, 0.1) is 0 Å². The lowest BCUT2D eigenvalue weighted by Crippen LogP contribution is -2.14. The van der Waals surface area contributed by atoms with Crippen molar-refractivity contribution in [2.24, 2.45) is 0 Å². The lowest BCUT2D eigenvalue weighted by molar-refractivity contribution is 0.623. The summed E-state index contributed by atoms with van der Waals surface area (Å²) in [5.41, 5.74) is 2.67. The zero-order valence-corrected chi connectivity index (χ0v) is 11.9. The van der Waals surface area contributed by atoms with Crippen molar-refractivity contribution >= 4 is 11.6 Å². The number of benzene rings is 2. The van der Waals surface area contributed by atoms with Gasteiger partial charge in [0.1, 0.15) is 0 Å². The lowest BCUT2D eigenvalue weighted by Gasteiger charge is -2.05. The van der Waals surface area contributed by atoms with Crippen LogP contribution in [0.5, 0.6) is 0 Å². The van der Waals surface area contributed by atoms with E-state index < -0.39 is 0 Å². The zero-order valence-electron chi connectivity index (χ0n) is 11.1. The van der Waals surface area contributed by atoms with Crippen LogP contribution < -0.4 is 5.32 Å². The average Bonchev–Trinajstić information content (AvgIpc) is 2.44. The third kappa shape index (κ3) is 5.46. The Morgan fingerprint density at radius 1 is 0.842 bits per heavy atom. The molecule has 0 aliphatic rings. The first-order valence-corrected chi connectivity index (χ1v) is 7.21. The quantitative estimate of drug-likeness (QED) is 0.735. The molecule has 0 heterocycles. The SMILES string of the molecule is Clc1cccc(CNCCCCc2ccccc2)c1. The van der Waals surface area contributed by atoms with Crippen molar-refractivity contribution in [3.05, 3.63) is 70.7 Å². The van der Waals surface area contributed by atoms with Gasteiger partial charge in [-0.2, -0.15) is 0 Å². The van der Waals surface area contributed by atoms with Crippen LogP contribution >= 0.6 is 11.6 Å². The van der Waals surface area contributed by atoms with E-state index in [-0.39, 0.29) is 0 Å². The minimum Gasteiger partial charge on any atom is -0.313 e. The number of hydrogen-bond acceptors (Lipinski definition) is 1. The molecule has 0 atom stereocenters. The van der Waals surface area contributed by atoms with Crippen molar-refractivity contribution in [2.45, 2.75) is 25.8 Å². The van der Waals surface area contributed by atoms with Crippen LogP contribution in [0.4, 0.5) is 0 Å². The summed E-state index contributed by atoms with van der Waals surface area (Å²) >= 11 is 5.95. The molecule has 0 aliphatic heterocycles. The van der Waals surface area contributed by atoms with Gasteiger partial charge in [0.15, 0.2) is 0 Å². The number of halogens is 1. The third-order valence-electron chi connectivity index (χ3n) is 3.13. The molecule has 2 heteroatoms. The van der Waals surface area contributed by atoms with Crippen molar-refractivity contribution in [3.8, 4) is 0 Å². The number of rotatable bonds is 7. The normalized spacial score (nSPS) is 10.6.